The van der Waals surface area contributed by atoms with Crippen molar-refractivity contribution in [3.63, 3.8) is 0 Å². The molecule has 4 atom stereocenters. The van der Waals surface area contributed by atoms with E-state index in [1.165, 1.54) is 18.2 Å². The van der Waals surface area contributed by atoms with Crippen molar-refractivity contribution in [3.8, 4) is 0 Å². The van der Waals surface area contributed by atoms with Crippen molar-refractivity contribution in [2.24, 2.45) is 23.7 Å². The van der Waals surface area contributed by atoms with Gasteiger partial charge in [0.05, 0.1) is 22.4 Å². The number of benzene rings is 1. The molecule has 1 aromatic rings. The number of nitro benzene ring substituents is 1. The molecule has 2 bridgehead atoms. The SMILES string of the molecule is O=C1CC2CCC1C1C(=O)N(c3ccc([N+](=O)[O-])c(Cl)c3)C(=O)C21. The number of fused-ring (bicyclic) bond motifs is 2. The average molecular weight is 349 g/mol. The zero-order valence-corrected chi connectivity index (χ0v) is 13.2. The molecule has 24 heavy (non-hydrogen) atoms. The van der Waals surface area contributed by atoms with Gasteiger partial charge in [0, 0.05) is 18.4 Å². The number of imide groups is 1. The average Bonchev–Trinajstić information content (AvgIpc) is 2.80. The van der Waals surface area contributed by atoms with Crippen LogP contribution in [0.1, 0.15) is 19.3 Å². The summed E-state index contributed by atoms with van der Waals surface area (Å²) in [7, 11) is 0. The van der Waals surface area contributed by atoms with Crippen molar-refractivity contribution in [2.45, 2.75) is 19.3 Å². The first-order valence-corrected chi connectivity index (χ1v) is 8.12. The van der Waals surface area contributed by atoms with Crippen LogP contribution in [0.15, 0.2) is 18.2 Å². The number of carbonyl (C=O) groups is 3. The summed E-state index contributed by atoms with van der Waals surface area (Å²) in [6.07, 6.45) is 1.80. The fraction of sp³-hybridized carbons (Fsp3) is 0.438. The minimum absolute atomic E-state index is 0.0669. The highest BCUT2D eigenvalue weighted by molar-refractivity contribution is 6.33. The Balaban J connectivity index is 1.74. The van der Waals surface area contributed by atoms with Gasteiger partial charge in [-0.25, -0.2) is 4.90 Å². The Hall–Kier alpha value is -2.28. The lowest BCUT2D eigenvalue weighted by Crippen LogP contribution is -2.46. The number of halogens is 1. The minimum atomic E-state index is -0.627. The van der Waals surface area contributed by atoms with Gasteiger partial charge in [-0.05, 0) is 30.9 Å². The monoisotopic (exact) mass is 348 g/mol. The van der Waals surface area contributed by atoms with Gasteiger partial charge < -0.3 is 0 Å². The maximum Gasteiger partial charge on any atom is 0.288 e. The van der Waals surface area contributed by atoms with Gasteiger partial charge in [0.1, 0.15) is 10.8 Å². The Labute approximate surface area is 141 Å². The zero-order valence-electron chi connectivity index (χ0n) is 12.5. The number of Topliss-reactive ketones (excluding diaryl/α,β-unsaturated/α-hetero) is 1. The number of carbonyl (C=O) groups excluding carboxylic acids is 3. The first kappa shape index (κ1) is 15.3. The Bertz CT molecular complexity index is 808. The number of hydrogen-bond donors (Lipinski definition) is 0. The summed E-state index contributed by atoms with van der Waals surface area (Å²) in [6.45, 7) is 0. The quantitative estimate of drug-likeness (QED) is 0.464. The highest BCUT2D eigenvalue weighted by Gasteiger charge is 2.61. The van der Waals surface area contributed by atoms with Crippen LogP contribution < -0.4 is 4.90 Å². The number of nitro groups is 1. The van der Waals surface area contributed by atoms with Gasteiger partial charge in [0.25, 0.3) is 5.69 Å². The summed E-state index contributed by atoms with van der Waals surface area (Å²) in [5.41, 5.74) is -0.0611. The zero-order chi connectivity index (χ0) is 17.2. The third-order valence-corrected chi connectivity index (χ3v) is 5.75. The standard InChI is InChI=1S/C16H13ClN2O5/c17-10-6-8(2-4-11(10)19(23)24)18-15(21)13-7-1-3-9(12(20)5-7)14(13)16(18)22/h2,4,6-7,9,13-14H,1,3,5H2. The number of rotatable bonds is 2. The normalized spacial score (nSPS) is 31.5. The Kier molecular flexibility index (Phi) is 3.25. The topological polar surface area (TPSA) is 97.6 Å². The molecule has 0 aromatic heterocycles. The first-order valence-electron chi connectivity index (χ1n) is 7.74. The van der Waals surface area contributed by atoms with Crippen LogP contribution in [0.25, 0.3) is 0 Å². The largest absolute Gasteiger partial charge is 0.299 e. The van der Waals surface area contributed by atoms with Crippen LogP contribution in [0, 0.1) is 33.8 Å². The summed E-state index contributed by atoms with van der Waals surface area (Å²) in [6, 6.07) is 3.79. The molecular formula is C16H13ClN2O5. The molecule has 4 unspecified atom stereocenters. The van der Waals surface area contributed by atoms with E-state index in [2.05, 4.69) is 0 Å². The molecule has 4 aliphatic rings. The molecule has 1 saturated heterocycles. The fourth-order valence-electron chi connectivity index (χ4n) is 4.42. The third-order valence-electron chi connectivity index (χ3n) is 5.45. The van der Waals surface area contributed by atoms with Gasteiger partial charge in [-0.2, -0.15) is 0 Å². The third kappa shape index (κ3) is 1.94. The molecule has 1 heterocycles. The van der Waals surface area contributed by atoms with Crippen LogP contribution in [0.2, 0.25) is 5.02 Å². The second-order valence-corrected chi connectivity index (χ2v) is 6.98. The van der Waals surface area contributed by atoms with E-state index >= 15 is 0 Å². The molecule has 0 N–H and O–H groups in total. The number of nitrogens with zero attached hydrogens (tertiary/aromatic N) is 2. The van der Waals surface area contributed by atoms with E-state index in [9.17, 15) is 24.5 Å². The molecule has 1 aromatic carbocycles. The van der Waals surface area contributed by atoms with Crippen molar-refractivity contribution < 1.29 is 19.3 Å². The van der Waals surface area contributed by atoms with Crippen molar-refractivity contribution in [1.82, 2.24) is 0 Å². The lowest BCUT2D eigenvalue weighted by atomic mass is 9.59. The van der Waals surface area contributed by atoms with E-state index < -0.39 is 22.7 Å². The molecular weight excluding hydrogens is 336 g/mol. The highest BCUT2D eigenvalue weighted by Crippen LogP contribution is 2.52. The van der Waals surface area contributed by atoms with Crippen LogP contribution >= 0.6 is 11.6 Å². The van der Waals surface area contributed by atoms with Crippen molar-refractivity contribution in [2.75, 3.05) is 4.90 Å². The Morgan fingerprint density at radius 3 is 2.46 bits per heavy atom. The van der Waals surface area contributed by atoms with Gasteiger partial charge >= 0.3 is 0 Å². The highest BCUT2D eigenvalue weighted by atomic mass is 35.5. The Morgan fingerprint density at radius 1 is 1.12 bits per heavy atom. The van der Waals surface area contributed by atoms with Crippen LogP contribution in [-0.4, -0.2) is 22.5 Å². The van der Waals surface area contributed by atoms with Gasteiger partial charge in [-0.1, -0.05) is 11.6 Å². The van der Waals surface area contributed by atoms with Crippen LogP contribution in [0.3, 0.4) is 0 Å². The predicted molar refractivity (Wildman–Crippen MR) is 83.4 cm³/mol. The molecule has 3 saturated carbocycles. The van der Waals surface area contributed by atoms with E-state index in [1.807, 2.05) is 0 Å². The molecule has 0 radical (unpaired) electrons. The maximum atomic E-state index is 12.8. The lowest BCUT2D eigenvalue weighted by Gasteiger charge is -2.41. The number of ketones is 1. The van der Waals surface area contributed by atoms with Crippen molar-refractivity contribution in [1.29, 1.82) is 0 Å². The van der Waals surface area contributed by atoms with E-state index in [0.29, 0.717) is 12.8 Å². The van der Waals surface area contributed by atoms with Crippen LogP contribution in [-0.2, 0) is 14.4 Å². The summed E-state index contributed by atoms with van der Waals surface area (Å²) >= 11 is 5.90. The molecule has 5 rings (SSSR count). The summed E-state index contributed by atoms with van der Waals surface area (Å²) in [5.74, 6) is -2.15. The van der Waals surface area contributed by atoms with Gasteiger partial charge in [0.2, 0.25) is 11.8 Å². The van der Waals surface area contributed by atoms with Crippen LogP contribution in [0.4, 0.5) is 11.4 Å². The molecule has 124 valence electrons. The Morgan fingerprint density at radius 2 is 1.83 bits per heavy atom. The smallest absolute Gasteiger partial charge is 0.288 e. The van der Waals surface area contributed by atoms with E-state index in [4.69, 9.17) is 11.6 Å². The van der Waals surface area contributed by atoms with Crippen LogP contribution in [0.5, 0.6) is 0 Å². The van der Waals surface area contributed by atoms with E-state index in [0.717, 1.165) is 11.3 Å². The summed E-state index contributed by atoms with van der Waals surface area (Å²) in [5, 5.41) is 10.7. The minimum Gasteiger partial charge on any atom is -0.299 e. The fourth-order valence-corrected chi connectivity index (χ4v) is 4.67. The number of anilines is 1. The van der Waals surface area contributed by atoms with Crippen molar-refractivity contribution in [3.05, 3.63) is 33.3 Å². The molecule has 8 heteroatoms. The van der Waals surface area contributed by atoms with Gasteiger partial charge in [-0.3, -0.25) is 24.5 Å². The van der Waals surface area contributed by atoms with E-state index in [-0.39, 0.29) is 39.9 Å². The second kappa shape index (κ2) is 5.11. The van der Waals surface area contributed by atoms with E-state index in [1.54, 1.807) is 0 Å². The molecule has 2 amide bonds. The molecule has 3 aliphatic carbocycles. The lowest BCUT2D eigenvalue weighted by molar-refractivity contribution is -0.384. The van der Waals surface area contributed by atoms with Gasteiger partial charge in [-0.15, -0.1) is 0 Å². The number of hydrogen-bond acceptors (Lipinski definition) is 5. The molecule has 0 spiro atoms. The van der Waals surface area contributed by atoms with Crippen molar-refractivity contribution >= 4 is 40.6 Å². The maximum absolute atomic E-state index is 12.8. The first-order chi connectivity index (χ1) is 11.4. The van der Waals surface area contributed by atoms with Gasteiger partial charge in [0.15, 0.2) is 0 Å². The second-order valence-electron chi connectivity index (χ2n) is 6.57. The summed E-state index contributed by atoms with van der Waals surface area (Å²) < 4.78 is 0. The predicted octanol–water partition coefficient (Wildman–Crippen LogP) is 2.35. The molecule has 4 fully saturated rings. The molecule has 1 aliphatic heterocycles. The summed E-state index contributed by atoms with van der Waals surface area (Å²) in [4.78, 5) is 49.0. The number of amides is 2. The molecule has 7 nitrogen and oxygen atoms in total.